The van der Waals surface area contributed by atoms with E-state index in [2.05, 4.69) is 180 Å². The smallest absolute Gasteiger partial charge is 0.134 e. The van der Waals surface area contributed by atoms with E-state index in [-0.39, 0.29) is 0 Å². The van der Waals surface area contributed by atoms with Crippen molar-refractivity contribution in [3.05, 3.63) is 222 Å². The molecule has 0 amide bonds. The molecule has 0 unspecified atom stereocenters. The lowest BCUT2D eigenvalue weighted by molar-refractivity contribution is 0.479. The predicted molar refractivity (Wildman–Crippen MR) is 241 cm³/mol. The number of nitrogens with zero attached hydrogens (tertiary/aromatic N) is 1. The second kappa shape index (κ2) is 16.8. The summed E-state index contributed by atoms with van der Waals surface area (Å²) in [5.74, 6) is 0.821. The zero-order chi connectivity index (χ0) is 39.2. The van der Waals surface area contributed by atoms with Gasteiger partial charge in [0.05, 0.1) is 17.3 Å². The zero-order valence-corrected chi connectivity index (χ0v) is 33.3. The predicted octanol–water partition coefficient (Wildman–Crippen LogP) is 14.8. The Morgan fingerprint density at radius 2 is 0.982 bits per heavy atom. The summed E-state index contributed by atoms with van der Waals surface area (Å²) in [4.78, 5) is 0. The fraction of sp³-hybridized carbons (Fsp3) is 0.111. The number of rotatable bonds is 3. The van der Waals surface area contributed by atoms with Gasteiger partial charge in [-0.05, 0) is 135 Å². The van der Waals surface area contributed by atoms with Crippen molar-refractivity contribution in [3.63, 3.8) is 0 Å². The van der Waals surface area contributed by atoms with Gasteiger partial charge in [0.2, 0.25) is 0 Å². The maximum Gasteiger partial charge on any atom is 0.134 e. The van der Waals surface area contributed by atoms with Gasteiger partial charge in [0, 0.05) is 22.0 Å². The van der Waals surface area contributed by atoms with E-state index in [1.165, 1.54) is 77.6 Å². The summed E-state index contributed by atoms with van der Waals surface area (Å²) in [7, 11) is 0. The third kappa shape index (κ3) is 8.36. The molecule has 0 atom stereocenters. The number of hydrogen-bond donors (Lipinski definition) is 0. The van der Waals surface area contributed by atoms with E-state index in [0.717, 1.165) is 22.4 Å². The number of aromatic nitrogens is 1. The Hall–Kier alpha value is -6.64. The quantitative estimate of drug-likeness (QED) is 0.177. The molecule has 9 rings (SSSR count). The first-order valence-corrected chi connectivity index (χ1v) is 19.3. The van der Waals surface area contributed by atoms with Crippen LogP contribution in [0.1, 0.15) is 38.9 Å². The van der Waals surface area contributed by atoms with Crippen molar-refractivity contribution in [1.29, 1.82) is 0 Å². The number of para-hydroxylation sites is 1. The number of allylic oxidation sites excluding steroid dienone is 4. The summed E-state index contributed by atoms with van der Waals surface area (Å²) >= 11 is 0. The Morgan fingerprint density at radius 3 is 1.61 bits per heavy atom. The maximum atomic E-state index is 5.79. The Labute approximate surface area is 332 Å². The molecule has 56 heavy (non-hydrogen) atoms. The Morgan fingerprint density at radius 1 is 0.446 bits per heavy atom. The van der Waals surface area contributed by atoms with Gasteiger partial charge in [-0.3, -0.25) is 0 Å². The highest BCUT2D eigenvalue weighted by Crippen LogP contribution is 2.38. The molecule has 0 saturated heterocycles. The summed E-state index contributed by atoms with van der Waals surface area (Å²) in [5, 5.41) is 2.52. The molecule has 1 aliphatic rings. The van der Waals surface area contributed by atoms with Crippen molar-refractivity contribution in [2.24, 2.45) is 0 Å². The first-order chi connectivity index (χ1) is 27.2. The second-order valence-corrected chi connectivity index (χ2v) is 14.8. The minimum atomic E-state index is 0.821. The molecular weight excluding hydrogens is 679 g/mol. The molecule has 0 spiro atoms. The number of aryl methyl sites for hydroxylation is 6. The first-order valence-electron chi connectivity index (χ1n) is 19.3. The van der Waals surface area contributed by atoms with Gasteiger partial charge in [-0.2, -0.15) is 0 Å². The average Bonchev–Trinajstić information content (AvgIpc) is 3.52. The summed E-state index contributed by atoms with van der Waals surface area (Å²) in [6, 6.07) is 53.9. The molecule has 0 fully saturated rings. The van der Waals surface area contributed by atoms with Crippen LogP contribution in [0.2, 0.25) is 0 Å². The molecule has 2 nitrogen and oxygen atoms in total. The number of hydrogen-bond acceptors (Lipinski definition) is 1. The first kappa shape index (κ1) is 37.7. The van der Waals surface area contributed by atoms with Crippen LogP contribution in [-0.4, -0.2) is 4.57 Å². The van der Waals surface area contributed by atoms with Gasteiger partial charge in [-0.25, -0.2) is 0 Å². The van der Waals surface area contributed by atoms with Crippen LogP contribution in [0.25, 0.3) is 55.3 Å². The van der Waals surface area contributed by atoms with Gasteiger partial charge in [-0.1, -0.05) is 144 Å². The van der Waals surface area contributed by atoms with E-state index in [1.54, 1.807) is 6.26 Å². The number of fused-ring (bicyclic) bond motifs is 4. The zero-order valence-electron chi connectivity index (χ0n) is 33.3. The van der Waals surface area contributed by atoms with Crippen LogP contribution in [-0.2, 0) is 0 Å². The summed E-state index contributed by atoms with van der Waals surface area (Å²) in [5.41, 5.74) is 18.5. The lowest BCUT2D eigenvalue weighted by Crippen LogP contribution is -1.93. The van der Waals surface area contributed by atoms with Crippen LogP contribution < -0.4 is 4.74 Å². The number of ether oxygens (including phenoxy) is 1. The molecule has 2 heteroatoms. The summed E-state index contributed by atoms with van der Waals surface area (Å²) in [6.45, 7) is 17.1. The minimum Gasteiger partial charge on any atom is -0.464 e. The minimum absolute atomic E-state index is 0.821. The molecule has 0 N–H and O–H groups in total. The molecule has 276 valence electrons. The summed E-state index contributed by atoms with van der Waals surface area (Å²) < 4.78 is 8.14. The second-order valence-electron chi connectivity index (χ2n) is 14.8. The van der Waals surface area contributed by atoms with Gasteiger partial charge in [0.15, 0.2) is 0 Å². The van der Waals surface area contributed by atoms with Gasteiger partial charge >= 0.3 is 0 Å². The van der Waals surface area contributed by atoms with Crippen LogP contribution in [0.4, 0.5) is 0 Å². The van der Waals surface area contributed by atoms with Crippen molar-refractivity contribution >= 4 is 27.4 Å². The van der Waals surface area contributed by atoms with Crippen LogP contribution in [0, 0.1) is 41.5 Å². The van der Waals surface area contributed by atoms with Gasteiger partial charge in [-0.15, -0.1) is 0 Å². The lowest BCUT2D eigenvalue weighted by atomic mass is 9.94. The average molecular weight is 728 g/mol. The fourth-order valence-electron chi connectivity index (χ4n) is 7.24. The molecule has 0 aliphatic carbocycles. The van der Waals surface area contributed by atoms with Crippen molar-refractivity contribution in [1.82, 2.24) is 4.57 Å². The fourth-order valence-corrected chi connectivity index (χ4v) is 7.24. The van der Waals surface area contributed by atoms with Crippen molar-refractivity contribution in [2.75, 3.05) is 0 Å². The van der Waals surface area contributed by atoms with Crippen LogP contribution in [0.15, 0.2) is 183 Å². The van der Waals surface area contributed by atoms with Crippen molar-refractivity contribution in [2.45, 2.75) is 41.5 Å². The van der Waals surface area contributed by atoms with E-state index in [0.29, 0.717) is 0 Å². The highest BCUT2D eigenvalue weighted by atomic mass is 16.5. The third-order valence-corrected chi connectivity index (χ3v) is 10.3. The monoisotopic (exact) mass is 727 g/mol. The van der Waals surface area contributed by atoms with E-state index < -0.39 is 0 Å². The lowest BCUT2D eigenvalue weighted by Gasteiger charge is -2.13. The standard InChI is InChI=1S/C31H23NO.C16H18.C7H8/c1-21-11-14-29-27(18-21)28-20-23(12-15-30(28)32(29)25-9-4-3-5-10-25)24-13-16-31-26(19-24)22(2)8-6-7-17-33-31;1-11-5-7-13(3)15(9-11)16-10-12(2)6-8-14(16)4;1-7-5-3-2-4-6-7/h3-20H,2H2,1H3;5-10H,1-4H3;2-6H,1H3/b8-6-,17-7-;;. The van der Waals surface area contributed by atoms with Crippen molar-refractivity contribution in [3.8, 4) is 33.7 Å². The molecule has 0 bridgehead atoms. The highest BCUT2D eigenvalue weighted by Gasteiger charge is 2.15. The van der Waals surface area contributed by atoms with Gasteiger partial charge < -0.3 is 9.30 Å². The SMILES string of the molecule is C=C1/C=C\C=C/Oc2ccc(-c3ccc4c(c3)c3cc(C)ccc3n4-c3ccccc3)cc21.Cc1ccc(C)c(-c2cc(C)ccc2C)c1.Cc1ccccc1. The third-order valence-electron chi connectivity index (χ3n) is 10.3. The Kier molecular flexibility index (Phi) is 11.3. The molecular formula is C54H49NO. The molecule has 0 saturated carbocycles. The van der Waals surface area contributed by atoms with Gasteiger partial charge in [0.25, 0.3) is 0 Å². The largest absolute Gasteiger partial charge is 0.464 e. The summed E-state index contributed by atoms with van der Waals surface area (Å²) in [6.07, 6.45) is 7.54. The molecule has 0 radical (unpaired) electrons. The maximum absolute atomic E-state index is 5.79. The van der Waals surface area contributed by atoms with E-state index in [9.17, 15) is 0 Å². The Bertz CT molecular complexity index is 2680. The molecule has 7 aromatic carbocycles. The van der Waals surface area contributed by atoms with Crippen LogP contribution >= 0.6 is 0 Å². The molecule has 1 aromatic heterocycles. The Balaban J connectivity index is 0.000000172. The van der Waals surface area contributed by atoms with Crippen LogP contribution in [0.5, 0.6) is 5.75 Å². The van der Waals surface area contributed by atoms with E-state index in [4.69, 9.17) is 4.74 Å². The normalized spacial score (nSPS) is 12.9. The van der Waals surface area contributed by atoms with Crippen molar-refractivity contribution < 1.29 is 4.74 Å². The molecule has 8 aromatic rings. The van der Waals surface area contributed by atoms with Crippen LogP contribution in [0.3, 0.4) is 0 Å². The number of benzene rings is 7. The molecule has 2 heterocycles. The van der Waals surface area contributed by atoms with E-state index in [1.807, 2.05) is 42.5 Å². The van der Waals surface area contributed by atoms with E-state index >= 15 is 0 Å². The molecule has 1 aliphatic heterocycles. The topological polar surface area (TPSA) is 14.2 Å². The van der Waals surface area contributed by atoms with Gasteiger partial charge in [0.1, 0.15) is 5.75 Å². The highest BCUT2D eigenvalue weighted by molar-refractivity contribution is 6.10.